The normalized spacial score (nSPS) is 14.1. The molecule has 0 atom stereocenters. The molecule has 0 N–H and O–H groups in total. The van der Waals surface area contributed by atoms with Crippen molar-refractivity contribution in [1.82, 2.24) is 4.90 Å². The van der Waals surface area contributed by atoms with Crippen LogP contribution in [-0.2, 0) is 6.54 Å². The molecule has 4 heteroatoms. The second kappa shape index (κ2) is 6.02. The standard InChI is InChI=1S/C16H14Br2N2/c17-14-6-7-15(18)16(10-14)20-9-8-19(12-20)11-13-4-2-1-3-5-13/h1-10H,11-12H2. The largest absolute Gasteiger partial charge is 0.354 e. The number of halogens is 2. The van der Waals surface area contributed by atoms with Crippen LogP contribution in [0.25, 0.3) is 0 Å². The molecule has 2 nitrogen and oxygen atoms in total. The van der Waals surface area contributed by atoms with Gasteiger partial charge in [-0.1, -0.05) is 46.3 Å². The van der Waals surface area contributed by atoms with E-state index in [1.165, 1.54) is 11.3 Å². The molecule has 0 saturated carbocycles. The molecular formula is C16H14Br2N2. The summed E-state index contributed by atoms with van der Waals surface area (Å²) in [5.74, 6) is 0. The molecule has 0 aromatic heterocycles. The van der Waals surface area contributed by atoms with Crippen LogP contribution in [0.2, 0.25) is 0 Å². The highest BCUT2D eigenvalue weighted by molar-refractivity contribution is 9.11. The second-order valence-corrected chi connectivity index (χ2v) is 6.51. The van der Waals surface area contributed by atoms with Gasteiger partial charge in [0.05, 0.1) is 12.4 Å². The fourth-order valence-corrected chi connectivity index (χ4v) is 3.07. The molecule has 0 saturated heterocycles. The molecule has 0 fully saturated rings. The molecule has 2 aromatic carbocycles. The number of benzene rings is 2. The Balaban J connectivity index is 1.71. The first-order chi connectivity index (χ1) is 9.72. The van der Waals surface area contributed by atoms with Crippen molar-refractivity contribution < 1.29 is 0 Å². The molecule has 1 heterocycles. The van der Waals surface area contributed by atoms with E-state index in [2.05, 4.69) is 90.5 Å². The summed E-state index contributed by atoms with van der Waals surface area (Å²) in [5, 5.41) is 0. The first-order valence-electron chi connectivity index (χ1n) is 6.40. The van der Waals surface area contributed by atoms with Crippen molar-refractivity contribution in [3.8, 4) is 0 Å². The molecule has 1 aliphatic heterocycles. The number of hydrogen-bond acceptors (Lipinski definition) is 2. The summed E-state index contributed by atoms with van der Waals surface area (Å²) in [6.45, 7) is 1.80. The fraction of sp³-hybridized carbons (Fsp3) is 0.125. The number of rotatable bonds is 3. The third kappa shape index (κ3) is 3.07. The molecule has 0 radical (unpaired) electrons. The summed E-state index contributed by atoms with van der Waals surface area (Å²) in [7, 11) is 0. The Morgan fingerprint density at radius 2 is 1.75 bits per heavy atom. The molecule has 3 rings (SSSR count). The molecule has 0 amide bonds. The SMILES string of the molecule is Brc1ccc(Br)c(N2C=CN(Cc3ccccc3)C2)c1. The summed E-state index contributed by atoms with van der Waals surface area (Å²) in [4.78, 5) is 4.53. The van der Waals surface area contributed by atoms with Gasteiger partial charge in [-0.2, -0.15) is 0 Å². The van der Waals surface area contributed by atoms with E-state index in [1.54, 1.807) is 0 Å². The summed E-state index contributed by atoms with van der Waals surface area (Å²) in [6, 6.07) is 16.8. The molecule has 0 unspecified atom stereocenters. The monoisotopic (exact) mass is 392 g/mol. The molecular weight excluding hydrogens is 380 g/mol. The maximum Gasteiger partial charge on any atom is 0.0945 e. The number of nitrogens with zero attached hydrogens (tertiary/aromatic N) is 2. The Morgan fingerprint density at radius 1 is 0.950 bits per heavy atom. The topological polar surface area (TPSA) is 6.48 Å². The van der Waals surface area contributed by atoms with Crippen LogP contribution < -0.4 is 4.90 Å². The highest BCUT2D eigenvalue weighted by Crippen LogP contribution is 2.31. The van der Waals surface area contributed by atoms with E-state index in [9.17, 15) is 0 Å². The predicted octanol–water partition coefficient (Wildman–Crippen LogP) is 4.96. The third-order valence-electron chi connectivity index (χ3n) is 3.24. The van der Waals surface area contributed by atoms with Crippen LogP contribution in [0.3, 0.4) is 0 Å². The predicted molar refractivity (Wildman–Crippen MR) is 90.3 cm³/mol. The van der Waals surface area contributed by atoms with Crippen LogP contribution in [0.4, 0.5) is 5.69 Å². The summed E-state index contributed by atoms with van der Waals surface area (Å²) in [6.07, 6.45) is 4.26. The van der Waals surface area contributed by atoms with Crippen LogP contribution in [0, 0.1) is 0 Å². The molecule has 0 spiro atoms. The second-order valence-electron chi connectivity index (χ2n) is 4.74. The number of hydrogen-bond donors (Lipinski definition) is 0. The zero-order valence-electron chi connectivity index (χ0n) is 10.8. The first-order valence-corrected chi connectivity index (χ1v) is 7.99. The lowest BCUT2D eigenvalue weighted by molar-refractivity contribution is 0.400. The molecule has 0 bridgehead atoms. The van der Waals surface area contributed by atoms with E-state index in [1.807, 2.05) is 12.1 Å². The summed E-state index contributed by atoms with van der Waals surface area (Å²) in [5.41, 5.74) is 2.50. The fourth-order valence-electron chi connectivity index (χ4n) is 2.25. The zero-order chi connectivity index (χ0) is 13.9. The van der Waals surface area contributed by atoms with Gasteiger partial charge in [0.15, 0.2) is 0 Å². The molecule has 0 aliphatic carbocycles. The van der Waals surface area contributed by atoms with Gasteiger partial charge in [0, 0.05) is 27.9 Å². The Morgan fingerprint density at radius 3 is 2.55 bits per heavy atom. The van der Waals surface area contributed by atoms with Crippen molar-refractivity contribution in [2.75, 3.05) is 11.6 Å². The quantitative estimate of drug-likeness (QED) is 0.726. The molecule has 20 heavy (non-hydrogen) atoms. The van der Waals surface area contributed by atoms with Crippen LogP contribution in [-0.4, -0.2) is 11.6 Å². The van der Waals surface area contributed by atoms with Crippen LogP contribution in [0.1, 0.15) is 5.56 Å². The zero-order valence-corrected chi connectivity index (χ0v) is 14.0. The lowest BCUT2D eigenvalue weighted by Gasteiger charge is -2.22. The van der Waals surface area contributed by atoms with Crippen molar-refractivity contribution in [2.45, 2.75) is 6.54 Å². The van der Waals surface area contributed by atoms with Gasteiger partial charge in [-0.15, -0.1) is 0 Å². The van der Waals surface area contributed by atoms with Crippen LogP contribution in [0.5, 0.6) is 0 Å². The van der Waals surface area contributed by atoms with Crippen molar-refractivity contribution in [2.24, 2.45) is 0 Å². The van der Waals surface area contributed by atoms with Crippen LogP contribution in [0.15, 0.2) is 69.9 Å². The van der Waals surface area contributed by atoms with Gasteiger partial charge in [-0.25, -0.2) is 0 Å². The van der Waals surface area contributed by atoms with E-state index in [4.69, 9.17) is 0 Å². The highest BCUT2D eigenvalue weighted by Gasteiger charge is 2.16. The van der Waals surface area contributed by atoms with Gasteiger partial charge in [0.25, 0.3) is 0 Å². The lowest BCUT2D eigenvalue weighted by atomic mass is 10.2. The Hall–Kier alpha value is -1.26. The minimum Gasteiger partial charge on any atom is -0.354 e. The molecule has 2 aromatic rings. The first kappa shape index (κ1) is 13.7. The molecule has 1 aliphatic rings. The average molecular weight is 394 g/mol. The minimum absolute atomic E-state index is 0.865. The maximum absolute atomic E-state index is 3.61. The number of anilines is 1. The Kier molecular flexibility index (Phi) is 4.13. The van der Waals surface area contributed by atoms with Crippen LogP contribution >= 0.6 is 31.9 Å². The van der Waals surface area contributed by atoms with Gasteiger partial charge in [0.1, 0.15) is 0 Å². The Bertz CT molecular complexity index is 626. The van der Waals surface area contributed by atoms with E-state index in [0.717, 1.165) is 22.2 Å². The van der Waals surface area contributed by atoms with E-state index in [0.29, 0.717) is 0 Å². The third-order valence-corrected chi connectivity index (χ3v) is 4.40. The lowest BCUT2D eigenvalue weighted by Crippen LogP contribution is -2.24. The van der Waals surface area contributed by atoms with Crippen molar-refractivity contribution >= 4 is 37.5 Å². The van der Waals surface area contributed by atoms with Gasteiger partial charge < -0.3 is 9.80 Å². The van der Waals surface area contributed by atoms with E-state index >= 15 is 0 Å². The van der Waals surface area contributed by atoms with Gasteiger partial charge >= 0.3 is 0 Å². The van der Waals surface area contributed by atoms with Crippen molar-refractivity contribution in [3.63, 3.8) is 0 Å². The smallest absolute Gasteiger partial charge is 0.0945 e. The van der Waals surface area contributed by atoms with Gasteiger partial charge in [-0.3, -0.25) is 0 Å². The van der Waals surface area contributed by atoms with Gasteiger partial charge in [-0.05, 0) is 39.7 Å². The van der Waals surface area contributed by atoms with Crippen molar-refractivity contribution in [1.29, 1.82) is 0 Å². The highest BCUT2D eigenvalue weighted by atomic mass is 79.9. The average Bonchev–Trinajstić information content (AvgIpc) is 2.91. The summed E-state index contributed by atoms with van der Waals surface area (Å²) < 4.78 is 2.19. The minimum atomic E-state index is 0.865. The summed E-state index contributed by atoms with van der Waals surface area (Å²) >= 11 is 7.14. The maximum atomic E-state index is 3.61. The van der Waals surface area contributed by atoms with Gasteiger partial charge in [0.2, 0.25) is 0 Å². The van der Waals surface area contributed by atoms with E-state index < -0.39 is 0 Å². The molecule has 102 valence electrons. The Labute approximate surface area is 136 Å². The van der Waals surface area contributed by atoms with E-state index in [-0.39, 0.29) is 0 Å². The van der Waals surface area contributed by atoms with Crippen molar-refractivity contribution in [3.05, 3.63) is 75.4 Å².